The number of likely N-dealkylation sites (tertiary alicyclic amines) is 1. The van der Waals surface area contributed by atoms with Crippen molar-refractivity contribution in [2.24, 2.45) is 11.3 Å². The molecule has 1 saturated carbocycles. The molecule has 0 amide bonds. The molecule has 1 heterocycles. The summed E-state index contributed by atoms with van der Waals surface area (Å²) in [6.07, 6.45) is 4.22. The van der Waals surface area contributed by atoms with Gasteiger partial charge in [-0.2, -0.15) is 0 Å². The average Bonchev–Trinajstić information content (AvgIpc) is 3.13. The quantitative estimate of drug-likeness (QED) is 0.863. The standard InChI is InChI=1S/C22H28N2/c1-3-8-19(9-4-1)14-23-17-22-13-7-12-21(22)16-24(18-22)15-20-10-5-2-6-11-20/h1-6,8-11,21,23H,7,12-18H2. The lowest BCUT2D eigenvalue weighted by Crippen LogP contribution is -2.38. The van der Waals surface area contributed by atoms with E-state index in [1.54, 1.807) is 0 Å². The SMILES string of the molecule is c1ccc(CNCC23CCCC2CN(Cc2ccccc2)C3)cc1. The molecule has 2 unspecified atom stereocenters. The fourth-order valence-corrected chi connectivity index (χ4v) is 4.83. The van der Waals surface area contributed by atoms with Crippen LogP contribution in [0.2, 0.25) is 0 Å². The molecule has 2 atom stereocenters. The minimum absolute atomic E-state index is 0.504. The maximum atomic E-state index is 3.76. The van der Waals surface area contributed by atoms with E-state index in [1.807, 2.05) is 0 Å². The molecule has 1 aliphatic carbocycles. The van der Waals surface area contributed by atoms with Crippen molar-refractivity contribution in [3.63, 3.8) is 0 Å². The van der Waals surface area contributed by atoms with Gasteiger partial charge in [-0.15, -0.1) is 0 Å². The van der Waals surface area contributed by atoms with Gasteiger partial charge in [0.15, 0.2) is 0 Å². The lowest BCUT2D eigenvalue weighted by molar-refractivity contribution is 0.227. The Bertz CT molecular complexity index is 640. The summed E-state index contributed by atoms with van der Waals surface area (Å²) in [4.78, 5) is 2.68. The number of nitrogens with zero attached hydrogens (tertiary/aromatic N) is 1. The van der Waals surface area contributed by atoms with E-state index in [0.29, 0.717) is 5.41 Å². The fourth-order valence-electron chi connectivity index (χ4n) is 4.83. The van der Waals surface area contributed by atoms with Crippen molar-refractivity contribution in [2.45, 2.75) is 32.4 Å². The predicted molar refractivity (Wildman–Crippen MR) is 99.6 cm³/mol. The molecule has 1 saturated heterocycles. The molecule has 2 heteroatoms. The Kier molecular flexibility index (Phi) is 4.68. The Morgan fingerprint density at radius 3 is 2.42 bits per heavy atom. The number of fused-ring (bicyclic) bond motifs is 1. The Morgan fingerprint density at radius 1 is 0.958 bits per heavy atom. The van der Waals surface area contributed by atoms with Crippen LogP contribution in [-0.2, 0) is 13.1 Å². The second kappa shape index (κ2) is 7.08. The Hall–Kier alpha value is -1.64. The molecular formula is C22H28N2. The highest BCUT2D eigenvalue weighted by atomic mass is 15.2. The van der Waals surface area contributed by atoms with Crippen LogP contribution in [0.3, 0.4) is 0 Å². The first kappa shape index (κ1) is 15.9. The number of rotatable bonds is 6. The third kappa shape index (κ3) is 3.40. The second-order valence-corrected chi connectivity index (χ2v) is 7.70. The smallest absolute Gasteiger partial charge is 0.0234 e. The zero-order chi connectivity index (χ0) is 16.2. The molecule has 126 valence electrons. The van der Waals surface area contributed by atoms with E-state index >= 15 is 0 Å². The van der Waals surface area contributed by atoms with Gasteiger partial charge in [-0.3, -0.25) is 4.90 Å². The molecule has 1 N–H and O–H groups in total. The lowest BCUT2D eigenvalue weighted by atomic mass is 9.80. The zero-order valence-electron chi connectivity index (χ0n) is 14.5. The van der Waals surface area contributed by atoms with Crippen molar-refractivity contribution in [1.82, 2.24) is 10.2 Å². The maximum absolute atomic E-state index is 3.76. The van der Waals surface area contributed by atoms with Gasteiger partial charge in [0, 0.05) is 32.7 Å². The van der Waals surface area contributed by atoms with E-state index in [0.717, 1.165) is 25.6 Å². The van der Waals surface area contributed by atoms with Gasteiger partial charge in [0.05, 0.1) is 0 Å². The van der Waals surface area contributed by atoms with Gasteiger partial charge in [-0.25, -0.2) is 0 Å². The summed E-state index contributed by atoms with van der Waals surface area (Å²) in [6, 6.07) is 21.7. The van der Waals surface area contributed by atoms with Gasteiger partial charge in [-0.05, 0) is 35.3 Å². The molecule has 1 aliphatic heterocycles. The molecule has 2 aromatic carbocycles. The summed E-state index contributed by atoms with van der Waals surface area (Å²) < 4.78 is 0. The molecule has 4 rings (SSSR count). The van der Waals surface area contributed by atoms with Crippen LogP contribution in [0.1, 0.15) is 30.4 Å². The Balaban J connectivity index is 1.36. The molecule has 0 aromatic heterocycles. The third-order valence-corrected chi connectivity index (χ3v) is 6.01. The first-order valence-electron chi connectivity index (χ1n) is 9.35. The molecule has 2 fully saturated rings. The van der Waals surface area contributed by atoms with Gasteiger partial charge in [-0.1, -0.05) is 67.1 Å². The van der Waals surface area contributed by atoms with E-state index in [4.69, 9.17) is 0 Å². The highest BCUT2D eigenvalue weighted by molar-refractivity contribution is 5.16. The van der Waals surface area contributed by atoms with Gasteiger partial charge in [0.25, 0.3) is 0 Å². The van der Waals surface area contributed by atoms with Crippen molar-refractivity contribution in [3.05, 3.63) is 71.8 Å². The van der Waals surface area contributed by atoms with Crippen LogP contribution >= 0.6 is 0 Å². The Morgan fingerprint density at radius 2 is 1.67 bits per heavy atom. The number of nitrogens with one attached hydrogen (secondary N) is 1. The highest BCUT2D eigenvalue weighted by Crippen LogP contribution is 2.48. The molecular weight excluding hydrogens is 292 g/mol. The zero-order valence-corrected chi connectivity index (χ0v) is 14.5. The minimum Gasteiger partial charge on any atom is -0.312 e. The van der Waals surface area contributed by atoms with Crippen LogP contribution in [0.15, 0.2) is 60.7 Å². The number of hydrogen-bond donors (Lipinski definition) is 1. The van der Waals surface area contributed by atoms with E-state index < -0.39 is 0 Å². The van der Waals surface area contributed by atoms with Crippen LogP contribution in [0.5, 0.6) is 0 Å². The minimum atomic E-state index is 0.504. The van der Waals surface area contributed by atoms with E-state index in [-0.39, 0.29) is 0 Å². The van der Waals surface area contributed by atoms with E-state index in [2.05, 4.69) is 70.9 Å². The monoisotopic (exact) mass is 320 g/mol. The summed E-state index contributed by atoms with van der Waals surface area (Å²) in [5, 5.41) is 3.76. The highest BCUT2D eigenvalue weighted by Gasteiger charge is 2.48. The summed E-state index contributed by atoms with van der Waals surface area (Å²) in [5.74, 6) is 0.879. The van der Waals surface area contributed by atoms with E-state index in [1.165, 1.54) is 43.5 Å². The van der Waals surface area contributed by atoms with Crippen molar-refractivity contribution in [1.29, 1.82) is 0 Å². The molecule has 2 aromatic rings. The van der Waals surface area contributed by atoms with Gasteiger partial charge in [0.2, 0.25) is 0 Å². The van der Waals surface area contributed by atoms with Crippen LogP contribution in [0, 0.1) is 11.3 Å². The van der Waals surface area contributed by atoms with Crippen molar-refractivity contribution in [2.75, 3.05) is 19.6 Å². The topological polar surface area (TPSA) is 15.3 Å². The largest absolute Gasteiger partial charge is 0.312 e. The number of hydrogen-bond acceptors (Lipinski definition) is 2. The third-order valence-electron chi connectivity index (χ3n) is 6.01. The molecule has 0 radical (unpaired) electrons. The normalized spacial score (nSPS) is 26.6. The average molecular weight is 320 g/mol. The molecule has 0 spiro atoms. The lowest BCUT2D eigenvalue weighted by Gasteiger charge is -2.29. The van der Waals surface area contributed by atoms with Crippen LogP contribution in [-0.4, -0.2) is 24.5 Å². The van der Waals surface area contributed by atoms with Crippen molar-refractivity contribution >= 4 is 0 Å². The van der Waals surface area contributed by atoms with Gasteiger partial charge in [0.1, 0.15) is 0 Å². The molecule has 24 heavy (non-hydrogen) atoms. The summed E-state index contributed by atoms with van der Waals surface area (Å²) in [6.45, 7) is 5.81. The molecule has 2 nitrogen and oxygen atoms in total. The van der Waals surface area contributed by atoms with E-state index in [9.17, 15) is 0 Å². The summed E-state index contributed by atoms with van der Waals surface area (Å²) in [5.41, 5.74) is 3.34. The van der Waals surface area contributed by atoms with Crippen LogP contribution in [0.25, 0.3) is 0 Å². The van der Waals surface area contributed by atoms with Crippen molar-refractivity contribution < 1.29 is 0 Å². The first-order chi connectivity index (χ1) is 11.8. The van der Waals surface area contributed by atoms with Gasteiger partial charge < -0.3 is 5.32 Å². The molecule has 0 bridgehead atoms. The predicted octanol–water partition coefficient (Wildman–Crippen LogP) is 4.08. The maximum Gasteiger partial charge on any atom is 0.0234 e. The van der Waals surface area contributed by atoms with Crippen molar-refractivity contribution in [3.8, 4) is 0 Å². The van der Waals surface area contributed by atoms with Crippen LogP contribution < -0.4 is 5.32 Å². The molecule has 2 aliphatic rings. The summed E-state index contributed by atoms with van der Waals surface area (Å²) >= 11 is 0. The second-order valence-electron chi connectivity index (χ2n) is 7.70. The number of benzene rings is 2. The summed E-state index contributed by atoms with van der Waals surface area (Å²) in [7, 11) is 0. The fraction of sp³-hybridized carbons (Fsp3) is 0.455. The Labute approximate surface area is 145 Å². The van der Waals surface area contributed by atoms with Crippen LogP contribution in [0.4, 0.5) is 0 Å². The van der Waals surface area contributed by atoms with Gasteiger partial charge >= 0.3 is 0 Å². The first-order valence-corrected chi connectivity index (χ1v) is 9.35.